The van der Waals surface area contributed by atoms with Gasteiger partial charge in [0.2, 0.25) is 0 Å². The van der Waals surface area contributed by atoms with E-state index in [1.807, 2.05) is 6.92 Å². The molecule has 0 aromatic rings. The van der Waals surface area contributed by atoms with Gasteiger partial charge in [-0.1, -0.05) is 97.3 Å². The van der Waals surface area contributed by atoms with Crippen LogP contribution in [0.2, 0.25) is 0 Å². The van der Waals surface area contributed by atoms with Crippen LogP contribution < -0.4 is 0 Å². The van der Waals surface area contributed by atoms with Crippen molar-refractivity contribution in [2.24, 2.45) is 0 Å². The zero-order valence-corrected chi connectivity index (χ0v) is 21.5. The number of unbranched alkanes of at least 4 members (excludes halogenated alkanes) is 13. The molecule has 0 unspecified atom stereocenters. The first-order chi connectivity index (χ1) is 16.4. The highest BCUT2D eigenvalue weighted by Crippen LogP contribution is 2.33. The molecule has 1 heterocycles. The second-order valence-electron chi connectivity index (χ2n) is 9.54. The summed E-state index contributed by atoms with van der Waals surface area (Å²) in [5, 5.41) is 40.1. The van der Waals surface area contributed by atoms with Gasteiger partial charge in [-0.2, -0.15) is 0 Å². The molecule has 202 valence electrons. The number of aliphatic hydroxyl groups excluding tert-OH is 4. The van der Waals surface area contributed by atoms with Gasteiger partial charge in [0.05, 0.1) is 13.2 Å². The molecule has 8 nitrogen and oxygen atoms in total. The Bertz CT molecular complexity index is 515. The van der Waals surface area contributed by atoms with Crippen molar-refractivity contribution >= 4 is 5.97 Å². The fourth-order valence-corrected chi connectivity index (χ4v) is 4.20. The molecule has 0 spiro atoms. The molecule has 0 saturated carbocycles. The molecule has 5 atom stereocenters. The topological polar surface area (TPSA) is 126 Å². The van der Waals surface area contributed by atoms with Crippen LogP contribution in [0.25, 0.3) is 0 Å². The minimum atomic E-state index is -2.24. The summed E-state index contributed by atoms with van der Waals surface area (Å²) in [6, 6.07) is 0. The molecule has 8 heteroatoms. The van der Waals surface area contributed by atoms with Crippen molar-refractivity contribution in [1.29, 1.82) is 0 Å². The summed E-state index contributed by atoms with van der Waals surface area (Å²) in [4.78, 5) is 12.5. The first-order valence-electron chi connectivity index (χ1n) is 13.6. The van der Waals surface area contributed by atoms with Crippen molar-refractivity contribution in [3.8, 4) is 0 Å². The number of hydrogen-bond donors (Lipinski definition) is 4. The molecule has 0 amide bonds. The van der Waals surface area contributed by atoms with E-state index in [0.29, 0.717) is 12.8 Å². The smallest absolute Gasteiger partial charge is 0.359 e. The number of carbonyl (C=O) groups is 1. The van der Waals surface area contributed by atoms with Crippen LogP contribution in [0.1, 0.15) is 117 Å². The predicted octanol–water partition coefficient (Wildman–Crippen LogP) is 3.96. The molecule has 0 aliphatic carbocycles. The van der Waals surface area contributed by atoms with Crippen LogP contribution >= 0.6 is 0 Å². The lowest BCUT2D eigenvalue weighted by Gasteiger charge is -2.46. The molecule has 0 aromatic heterocycles. The molecule has 4 N–H and O–H groups in total. The van der Waals surface area contributed by atoms with Gasteiger partial charge in [-0.05, 0) is 12.8 Å². The minimum absolute atomic E-state index is 0.126. The van der Waals surface area contributed by atoms with Crippen molar-refractivity contribution in [2.75, 3.05) is 13.2 Å². The number of rotatable bonds is 20. The van der Waals surface area contributed by atoms with E-state index < -0.39 is 43.0 Å². The maximum Gasteiger partial charge on any atom is 0.359 e. The Labute approximate surface area is 206 Å². The Morgan fingerprint density at radius 1 is 0.765 bits per heavy atom. The van der Waals surface area contributed by atoms with Crippen LogP contribution in [-0.2, 0) is 19.0 Å². The third kappa shape index (κ3) is 11.3. The molecule has 34 heavy (non-hydrogen) atoms. The van der Waals surface area contributed by atoms with Crippen molar-refractivity contribution in [1.82, 2.24) is 0 Å². The lowest BCUT2D eigenvalue weighted by atomic mass is 9.97. The normalized spacial score (nSPS) is 27.1. The van der Waals surface area contributed by atoms with Crippen molar-refractivity contribution in [2.45, 2.75) is 147 Å². The summed E-state index contributed by atoms with van der Waals surface area (Å²) in [6.07, 6.45) is 10.9. The highest BCUT2D eigenvalue weighted by molar-refractivity contribution is 5.69. The van der Waals surface area contributed by atoms with E-state index in [4.69, 9.17) is 14.2 Å². The fourth-order valence-electron chi connectivity index (χ4n) is 4.20. The van der Waals surface area contributed by atoms with E-state index in [2.05, 4.69) is 6.92 Å². The molecular formula is C26H50O8. The van der Waals surface area contributed by atoms with E-state index in [1.54, 1.807) is 0 Å². The van der Waals surface area contributed by atoms with E-state index >= 15 is 0 Å². The van der Waals surface area contributed by atoms with Gasteiger partial charge in [0, 0.05) is 6.42 Å². The van der Waals surface area contributed by atoms with Crippen LogP contribution in [0.3, 0.4) is 0 Å². The van der Waals surface area contributed by atoms with Gasteiger partial charge in [0.1, 0.15) is 18.3 Å². The van der Waals surface area contributed by atoms with Gasteiger partial charge in [0.25, 0.3) is 0 Å². The lowest BCUT2D eigenvalue weighted by molar-refractivity contribution is -0.447. The van der Waals surface area contributed by atoms with E-state index in [-0.39, 0.29) is 13.0 Å². The molecule has 1 aliphatic rings. The third-order valence-electron chi connectivity index (χ3n) is 6.45. The second-order valence-corrected chi connectivity index (χ2v) is 9.54. The maximum atomic E-state index is 12.5. The third-order valence-corrected chi connectivity index (χ3v) is 6.45. The zero-order chi connectivity index (χ0) is 25.2. The number of carbonyl (C=O) groups excluding carboxylic acids is 1. The van der Waals surface area contributed by atoms with Gasteiger partial charge >= 0.3 is 11.9 Å². The van der Waals surface area contributed by atoms with Gasteiger partial charge in [-0.25, -0.2) is 0 Å². The predicted molar refractivity (Wildman–Crippen MR) is 130 cm³/mol. The molecule has 1 saturated heterocycles. The summed E-state index contributed by atoms with van der Waals surface area (Å²) in [5.74, 6) is -2.85. The van der Waals surface area contributed by atoms with Crippen LogP contribution in [0.4, 0.5) is 0 Å². The summed E-state index contributed by atoms with van der Waals surface area (Å²) >= 11 is 0. The average Bonchev–Trinajstić information content (AvgIpc) is 2.83. The number of hydrogen-bond acceptors (Lipinski definition) is 8. The SMILES string of the molecule is CCCCCCCCCCCCCCCC(=O)O[C@@]1(OCCCC)O[C@H](CO)[C@@H](O)[C@H](O)[C@H]1O. The first-order valence-corrected chi connectivity index (χ1v) is 13.6. The Kier molecular flexibility index (Phi) is 17.0. The molecular weight excluding hydrogens is 440 g/mol. The summed E-state index contributed by atoms with van der Waals surface area (Å²) in [5.41, 5.74) is 0. The second kappa shape index (κ2) is 18.5. The van der Waals surface area contributed by atoms with E-state index in [0.717, 1.165) is 25.7 Å². The van der Waals surface area contributed by atoms with Crippen LogP contribution in [0.15, 0.2) is 0 Å². The summed E-state index contributed by atoms with van der Waals surface area (Å²) in [6.45, 7) is 3.69. The highest BCUT2D eigenvalue weighted by atomic mass is 16.9. The molecule has 0 aromatic carbocycles. The van der Waals surface area contributed by atoms with E-state index in [9.17, 15) is 25.2 Å². The molecule has 1 rings (SSSR count). The first kappa shape index (κ1) is 31.3. The Morgan fingerprint density at radius 2 is 1.26 bits per heavy atom. The number of esters is 1. The van der Waals surface area contributed by atoms with Gasteiger partial charge in [0.15, 0.2) is 6.10 Å². The Morgan fingerprint density at radius 3 is 1.76 bits per heavy atom. The molecule has 1 fully saturated rings. The van der Waals surface area contributed by atoms with E-state index in [1.165, 1.54) is 57.8 Å². The standard InChI is InChI=1S/C26H50O8/c1-3-5-7-8-9-10-11-12-13-14-15-16-17-18-22(28)34-26(32-19-6-4-2)25(31)24(30)23(29)21(20-27)33-26/h21,23-25,27,29-31H,3-20H2,1-2H3/t21-,23-,24+,25-,26+/m1/s1. The summed E-state index contributed by atoms with van der Waals surface area (Å²) < 4.78 is 16.4. The van der Waals surface area contributed by atoms with Gasteiger partial charge in [-0.3, -0.25) is 4.79 Å². The maximum absolute atomic E-state index is 12.5. The Hall–Kier alpha value is -0.770. The largest absolute Gasteiger partial charge is 0.405 e. The molecule has 1 aliphatic heterocycles. The van der Waals surface area contributed by atoms with Crippen molar-refractivity contribution in [3.05, 3.63) is 0 Å². The fraction of sp³-hybridized carbons (Fsp3) is 0.962. The monoisotopic (exact) mass is 490 g/mol. The van der Waals surface area contributed by atoms with Gasteiger partial charge in [-0.15, -0.1) is 0 Å². The quantitative estimate of drug-likeness (QED) is 0.115. The summed E-state index contributed by atoms with van der Waals surface area (Å²) in [7, 11) is 0. The van der Waals surface area contributed by atoms with Crippen LogP contribution in [0, 0.1) is 0 Å². The lowest BCUT2D eigenvalue weighted by Crippen LogP contribution is -2.67. The highest BCUT2D eigenvalue weighted by Gasteiger charge is 2.57. The Balaban J connectivity index is 2.31. The zero-order valence-electron chi connectivity index (χ0n) is 21.5. The minimum Gasteiger partial charge on any atom is -0.405 e. The van der Waals surface area contributed by atoms with Gasteiger partial charge < -0.3 is 34.6 Å². The number of ether oxygens (including phenoxy) is 3. The van der Waals surface area contributed by atoms with Crippen molar-refractivity contribution < 1.29 is 39.4 Å². The number of aliphatic hydroxyl groups is 4. The molecule has 0 bridgehead atoms. The van der Waals surface area contributed by atoms with Crippen molar-refractivity contribution in [3.63, 3.8) is 0 Å². The van der Waals surface area contributed by atoms with Crippen LogP contribution in [-0.4, -0.2) is 70.0 Å². The average molecular weight is 491 g/mol. The van der Waals surface area contributed by atoms with Crippen LogP contribution in [0.5, 0.6) is 0 Å². The molecule has 0 radical (unpaired) electrons.